The predicted molar refractivity (Wildman–Crippen MR) is 67.9 cm³/mol. The monoisotopic (exact) mass is 263 g/mol. The number of amides is 1. The quantitative estimate of drug-likeness (QED) is 0.730. The Balaban J connectivity index is 2.31. The van der Waals surface area contributed by atoms with Gasteiger partial charge in [-0.15, -0.1) is 11.3 Å². The summed E-state index contributed by atoms with van der Waals surface area (Å²) in [5.74, 6) is -1.54. The van der Waals surface area contributed by atoms with Gasteiger partial charge in [-0.1, -0.05) is 0 Å². The van der Waals surface area contributed by atoms with Crippen LogP contribution in [-0.4, -0.2) is 22.0 Å². The summed E-state index contributed by atoms with van der Waals surface area (Å²) in [6.07, 6.45) is 1.41. The van der Waals surface area contributed by atoms with Crippen molar-refractivity contribution < 1.29 is 14.7 Å². The number of aromatic carboxylic acids is 1. The highest BCUT2D eigenvalue weighted by Gasteiger charge is 2.14. The highest BCUT2D eigenvalue weighted by atomic mass is 32.1. The minimum atomic E-state index is -1.13. The fourth-order valence-electron chi connectivity index (χ4n) is 1.36. The summed E-state index contributed by atoms with van der Waals surface area (Å²) in [5.41, 5.74) is 7.62. The molecule has 0 aliphatic carbocycles. The van der Waals surface area contributed by atoms with E-state index in [1.807, 2.05) is 0 Å². The third-order valence-electron chi connectivity index (χ3n) is 2.18. The number of carbonyl (C=O) groups excluding carboxylic acids is 1. The smallest absolute Gasteiger partial charge is 0.337 e. The zero-order chi connectivity index (χ0) is 13.1. The fourth-order valence-corrected chi connectivity index (χ4v) is 1.88. The highest BCUT2D eigenvalue weighted by Crippen LogP contribution is 2.20. The van der Waals surface area contributed by atoms with Gasteiger partial charge in [-0.2, -0.15) is 0 Å². The van der Waals surface area contributed by atoms with E-state index in [-0.39, 0.29) is 11.3 Å². The van der Waals surface area contributed by atoms with E-state index in [9.17, 15) is 9.59 Å². The largest absolute Gasteiger partial charge is 0.478 e. The van der Waals surface area contributed by atoms with Crippen molar-refractivity contribution in [2.75, 3.05) is 11.1 Å². The molecule has 6 nitrogen and oxygen atoms in total. The number of nitrogens with one attached hydrogen (secondary N) is 1. The maximum absolute atomic E-state index is 11.8. The Morgan fingerprint density at radius 3 is 2.78 bits per heavy atom. The Morgan fingerprint density at radius 2 is 2.17 bits per heavy atom. The van der Waals surface area contributed by atoms with Crippen LogP contribution in [0.1, 0.15) is 20.0 Å². The normalized spacial score (nSPS) is 10.0. The SMILES string of the molecule is Nc1ccc(C(=O)O)c(NC(=O)c2cncs2)c1. The summed E-state index contributed by atoms with van der Waals surface area (Å²) in [6, 6.07) is 4.22. The first-order valence-electron chi connectivity index (χ1n) is 4.90. The lowest BCUT2D eigenvalue weighted by atomic mass is 10.1. The zero-order valence-corrected chi connectivity index (χ0v) is 9.90. The topological polar surface area (TPSA) is 105 Å². The molecule has 0 spiro atoms. The number of rotatable bonds is 3. The summed E-state index contributed by atoms with van der Waals surface area (Å²) in [4.78, 5) is 27.0. The van der Waals surface area contributed by atoms with Crippen molar-refractivity contribution in [1.82, 2.24) is 4.98 Å². The molecule has 0 aliphatic heterocycles. The average Bonchev–Trinajstić information content (AvgIpc) is 2.81. The number of benzene rings is 1. The number of aromatic nitrogens is 1. The summed E-state index contributed by atoms with van der Waals surface area (Å²) in [5, 5.41) is 11.5. The molecule has 18 heavy (non-hydrogen) atoms. The minimum Gasteiger partial charge on any atom is -0.478 e. The van der Waals surface area contributed by atoms with Gasteiger partial charge in [-0.3, -0.25) is 9.78 Å². The second-order valence-electron chi connectivity index (χ2n) is 3.43. The van der Waals surface area contributed by atoms with E-state index in [0.717, 1.165) is 0 Å². The van der Waals surface area contributed by atoms with Gasteiger partial charge in [0, 0.05) is 5.69 Å². The van der Waals surface area contributed by atoms with E-state index in [1.54, 1.807) is 0 Å². The van der Waals surface area contributed by atoms with E-state index >= 15 is 0 Å². The van der Waals surface area contributed by atoms with Crippen LogP contribution in [0.3, 0.4) is 0 Å². The molecule has 1 heterocycles. The van der Waals surface area contributed by atoms with Gasteiger partial charge in [0.05, 0.1) is 23.0 Å². The molecule has 2 rings (SSSR count). The third-order valence-corrected chi connectivity index (χ3v) is 2.95. The Kier molecular flexibility index (Phi) is 3.24. The van der Waals surface area contributed by atoms with Gasteiger partial charge in [0.2, 0.25) is 0 Å². The summed E-state index contributed by atoms with van der Waals surface area (Å²) >= 11 is 1.17. The molecule has 0 saturated heterocycles. The molecule has 0 radical (unpaired) electrons. The van der Waals surface area contributed by atoms with Crippen LogP contribution in [0, 0.1) is 0 Å². The second-order valence-corrected chi connectivity index (χ2v) is 4.32. The number of carboxylic acid groups (broad SMARTS) is 1. The Bertz CT molecular complexity index is 596. The lowest BCUT2D eigenvalue weighted by molar-refractivity contribution is 0.0698. The molecule has 0 unspecified atom stereocenters. The van der Waals surface area contributed by atoms with Crippen LogP contribution in [0.5, 0.6) is 0 Å². The zero-order valence-electron chi connectivity index (χ0n) is 9.08. The van der Waals surface area contributed by atoms with Gasteiger partial charge in [0.15, 0.2) is 0 Å². The van der Waals surface area contributed by atoms with Crippen LogP contribution in [0.15, 0.2) is 29.9 Å². The van der Waals surface area contributed by atoms with Crippen molar-refractivity contribution in [3.63, 3.8) is 0 Å². The Hall–Kier alpha value is -2.41. The van der Waals surface area contributed by atoms with Crippen molar-refractivity contribution >= 4 is 34.6 Å². The van der Waals surface area contributed by atoms with Crippen LogP contribution < -0.4 is 11.1 Å². The van der Waals surface area contributed by atoms with Crippen LogP contribution >= 0.6 is 11.3 Å². The molecule has 4 N–H and O–H groups in total. The molecule has 92 valence electrons. The van der Waals surface area contributed by atoms with E-state index in [2.05, 4.69) is 10.3 Å². The number of nitrogen functional groups attached to an aromatic ring is 1. The van der Waals surface area contributed by atoms with E-state index < -0.39 is 11.9 Å². The van der Waals surface area contributed by atoms with Crippen LogP contribution in [0.4, 0.5) is 11.4 Å². The number of nitrogens with zero attached hydrogens (tertiary/aromatic N) is 1. The molecule has 0 aliphatic rings. The van der Waals surface area contributed by atoms with Crippen molar-refractivity contribution in [3.05, 3.63) is 40.3 Å². The predicted octanol–water partition coefficient (Wildman–Crippen LogP) is 1.68. The number of thiazole rings is 1. The molecule has 1 amide bonds. The maximum Gasteiger partial charge on any atom is 0.337 e. The first kappa shape index (κ1) is 12.1. The summed E-state index contributed by atoms with van der Waals surface area (Å²) in [7, 11) is 0. The lowest BCUT2D eigenvalue weighted by Gasteiger charge is -2.08. The first-order valence-corrected chi connectivity index (χ1v) is 5.78. The third kappa shape index (κ3) is 2.46. The van der Waals surface area contributed by atoms with Crippen molar-refractivity contribution in [3.8, 4) is 0 Å². The van der Waals surface area contributed by atoms with Gasteiger partial charge < -0.3 is 16.2 Å². The molecule has 1 aromatic heterocycles. The molecule has 1 aromatic carbocycles. The average molecular weight is 263 g/mol. The van der Waals surface area contributed by atoms with Gasteiger partial charge in [0.1, 0.15) is 4.88 Å². The molecule has 0 saturated carbocycles. The standard InChI is InChI=1S/C11H9N3O3S/c12-6-1-2-7(11(16)17)8(3-6)14-10(15)9-4-13-5-18-9/h1-5H,12H2,(H,14,15)(H,16,17). The van der Waals surface area contributed by atoms with Crippen molar-refractivity contribution in [1.29, 1.82) is 0 Å². The Labute approximate surface area is 106 Å². The highest BCUT2D eigenvalue weighted by molar-refractivity contribution is 7.11. The number of hydrogen-bond acceptors (Lipinski definition) is 5. The molecule has 0 bridgehead atoms. The number of nitrogens with two attached hydrogens (primary N) is 1. The minimum absolute atomic E-state index is 0.0120. The summed E-state index contributed by atoms with van der Waals surface area (Å²) in [6.45, 7) is 0. The van der Waals surface area contributed by atoms with E-state index in [0.29, 0.717) is 10.6 Å². The van der Waals surface area contributed by atoms with Gasteiger partial charge in [0.25, 0.3) is 5.91 Å². The number of carboxylic acids is 1. The Morgan fingerprint density at radius 1 is 1.39 bits per heavy atom. The van der Waals surface area contributed by atoms with Crippen LogP contribution in [-0.2, 0) is 0 Å². The lowest BCUT2D eigenvalue weighted by Crippen LogP contribution is -2.14. The van der Waals surface area contributed by atoms with Gasteiger partial charge >= 0.3 is 5.97 Å². The maximum atomic E-state index is 11.8. The molecular formula is C11H9N3O3S. The molecule has 0 fully saturated rings. The molecule has 0 atom stereocenters. The van der Waals surface area contributed by atoms with Gasteiger partial charge in [-0.05, 0) is 18.2 Å². The molecule has 2 aromatic rings. The molecule has 7 heteroatoms. The summed E-state index contributed by atoms with van der Waals surface area (Å²) < 4.78 is 0. The first-order chi connectivity index (χ1) is 8.58. The van der Waals surface area contributed by atoms with Crippen LogP contribution in [0.25, 0.3) is 0 Å². The number of hydrogen-bond donors (Lipinski definition) is 3. The van der Waals surface area contributed by atoms with E-state index in [1.165, 1.54) is 41.2 Å². The molecular weight excluding hydrogens is 254 g/mol. The number of carbonyl (C=O) groups is 2. The van der Waals surface area contributed by atoms with Crippen LogP contribution in [0.2, 0.25) is 0 Å². The van der Waals surface area contributed by atoms with Crippen molar-refractivity contribution in [2.24, 2.45) is 0 Å². The van der Waals surface area contributed by atoms with E-state index in [4.69, 9.17) is 10.8 Å². The number of anilines is 2. The fraction of sp³-hybridized carbons (Fsp3) is 0. The van der Waals surface area contributed by atoms with Crippen molar-refractivity contribution in [2.45, 2.75) is 0 Å². The van der Waals surface area contributed by atoms with Gasteiger partial charge in [-0.25, -0.2) is 4.79 Å². The second kappa shape index (κ2) is 4.84.